The summed E-state index contributed by atoms with van der Waals surface area (Å²) in [5, 5.41) is 5.33. The molecule has 0 spiro atoms. The van der Waals surface area contributed by atoms with Crippen LogP contribution in [0.2, 0.25) is 5.02 Å². The minimum atomic E-state index is -0.110. The number of benzene rings is 1. The number of nitrogens with zero attached hydrogens (tertiary/aromatic N) is 4. The Balaban J connectivity index is 2.11. The van der Waals surface area contributed by atoms with Crippen LogP contribution in [0.3, 0.4) is 0 Å². The van der Waals surface area contributed by atoms with E-state index < -0.39 is 0 Å². The summed E-state index contributed by atoms with van der Waals surface area (Å²) in [4.78, 5) is 16.7. The third-order valence-corrected chi connectivity index (χ3v) is 3.45. The lowest BCUT2D eigenvalue weighted by atomic mass is 10.3. The maximum atomic E-state index is 12.3. The van der Waals surface area contributed by atoms with E-state index in [4.69, 9.17) is 17.3 Å². The van der Waals surface area contributed by atoms with Crippen molar-refractivity contribution in [2.75, 3.05) is 6.54 Å². The molecular weight excluding hydrogens is 290 g/mol. The number of hydrogen-bond donors (Lipinski definition) is 1. The fraction of sp³-hybridized carbons (Fsp3) is 0.214. The molecule has 3 rings (SSSR count). The second kappa shape index (κ2) is 5.67. The van der Waals surface area contributed by atoms with Gasteiger partial charge in [0.25, 0.3) is 5.56 Å². The quantitative estimate of drug-likeness (QED) is 0.794. The molecule has 0 atom stereocenters. The van der Waals surface area contributed by atoms with Crippen molar-refractivity contribution in [2.24, 2.45) is 5.73 Å². The lowest BCUT2D eigenvalue weighted by Gasteiger charge is -2.05. The first kappa shape index (κ1) is 13.8. The molecule has 0 bridgehead atoms. The second-order valence-electron chi connectivity index (χ2n) is 4.66. The van der Waals surface area contributed by atoms with Gasteiger partial charge in [-0.3, -0.25) is 9.36 Å². The van der Waals surface area contributed by atoms with Crippen molar-refractivity contribution in [2.45, 2.75) is 13.0 Å². The van der Waals surface area contributed by atoms with Crippen LogP contribution in [-0.4, -0.2) is 25.9 Å². The zero-order valence-corrected chi connectivity index (χ0v) is 12.0. The molecule has 0 saturated heterocycles. The zero-order valence-electron chi connectivity index (χ0n) is 11.2. The van der Waals surface area contributed by atoms with Crippen molar-refractivity contribution in [1.82, 2.24) is 19.3 Å². The van der Waals surface area contributed by atoms with Crippen LogP contribution in [-0.2, 0) is 6.54 Å². The van der Waals surface area contributed by atoms with Crippen LogP contribution in [0.1, 0.15) is 6.42 Å². The molecule has 7 heteroatoms. The van der Waals surface area contributed by atoms with Gasteiger partial charge in [0.2, 0.25) is 0 Å². The highest BCUT2D eigenvalue weighted by Crippen LogP contribution is 2.17. The van der Waals surface area contributed by atoms with E-state index in [1.807, 2.05) is 12.1 Å². The molecular formula is C14H14ClN5O. The van der Waals surface area contributed by atoms with E-state index in [1.165, 1.54) is 12.5 Å². The Morgan fingerprint density at radius 2 is 2.19 bits per heavy atom. The summed E-state index contributed by atoms with van der Waals surface area (Å²) in [5.74, 6) is 0. The molecule has 0 amide bonds. The highest BCUT2D eigenvalue weighted by atomic mass is 35.5. The smallest absolute Gasteiger partial charge is 0.264 e. The molecule has 0 saturated carbocycles. The van der Waals surface area contributed by atoms with E-state index in [1.54, 1.807) is 21.4 Å². The average molecular weight is 304 g/mol. The fourth-order valence-electron chi connectivity index (χ4n) is 2.17. The zero-order chi connectivity index (χ0) is 14.8. The fourth-order valence-corrected chi connectivity index (χ4v) is 2.35. The van der Waals surface area contributed by atoms with Crippen LogP contribution in [0, 0.1) is 0 Å². The molecule has 0 aliphatic heterocycles. The summed E-state index contributed by atoms with van der Waals surface area (Å²) < 4.78 is 3.16. The molecule has 0 unspecified atom stereocenters. The summed E-state index contributed by atoms with van der Waals surface area (Å²) in [6.45, 7) is 1.09. The van der Waals surface area contributed by atoms with E-state index in [0.29, 0.717) is 29.1 Å². The van der Waals surface area contributed by atoms with E-state index in [9.17, 15) is 4.79 Å². The monoisotopic (exact) mass is 303 g/mol. The largest absolute Gasteiger partial charge is 0.330 e. The Morgan fingerprint density at radius 1 is 1.33 bits per heavy atom. The Bertz CT molecular complexity index is 839. The lowest BCUT2D eigenvalue weighted by molar-refractivity contribution is 0.624. The van der Waals surface area contributed by atoms with Crippen molar-refractivity contribution in [3.05, 3.63) is 52.2 Å². The number of aryl methyl sites for hydroxylation is 1. The van der Waals surface area contributed by atoms with Crippen LogP contribution in [0.4, 0.5) is 0 Å². The van der Waals surface area contributed by atoms with E-state index in [-0.39, 0.29) is 5.56 Å². The summed E-state index contributed by atoms with van der Waals surface area (Å²) in [6, 6.07) is 7.24. The highest BCUT2D eigenvalue weighted by molar-refractivity contribution is 6.30. The van der Waals surface area contributed by atoms with Gasteiger partial charge < -0.3 is 5.73 Å². The first-order valence-electron chi connectivity index (χ1n) is 6.60. The van der Waals surface area contributed by atoms with E-state index in [2.05, 4.69) is 10.1 Å². The molecule has 21 heavy (non-hydrogen) atoms. The minimum absolute atomic E-state index is 0.110. The molecule has 1 aromatic carbocycles. The van der Waals surface area contributed by atoms with Crippen LogP contribution < -0.4 is 11.3 Å². The number of halogens is 1. The van der Waals surface area contributed by atoms with Crippen molar-refractivity contribution in [1.29, 1.82) is 0 Å². The van der Waals surface area contributed by atoms with Gasteiger partial charge in [0, 0.05) is 11.6 Å². The summed E-state index contributed by atoms with van der Waals surface area (Å²) in [5.41, 5.74) is 6.65. The van der Waals surface area contributed by atoms with Crippen LogP contribution in [0.25, 0.3) is 16.7 Å². The maximum absolute atomic E-state index is 12.3. The Hall–Kier alpha value is -2.18. The standard InChI is InChI=1S/C14H14ClN5O/c15-10-3-1-4-11(7-10)20-13-12(8-18-20)14(21)19(9-17-13)6-2-5-16/h1,3-4,7-9H,2,5-6,16H2. The van der Waals surface area contributed by atoms with Gasteiger partial charge in [-0.1, -0.05) is 17.7 Å². The third kappa shape index (κ3) is 2.55. The Labute approximate surface area is 125 Å². The molecule has 108 valence electrons. The molecule has 0 fully saturated rings. The first-order valence-corrected chi connectivity index (χ1v) is 6.97. The van der Waals surface area contributed by atoms with Crippen LogP contribution in [0.5, 0.6) is 0 Å². The third-order valence-electron chi connectivity index (χ3n) is 3.21. The molecule has 0 radical (unpaired) electrons. The Kier molecular flexibility index (Phi) is 3.72. The summed E-state index contributed by atoms with van der Waals surface area (Å²) in [6.07, 6.45) is 3.79. The molecule has 2 heterocycles. The minimum Gasteiger partial charge on any atom is -0.330 e. The van der Waals surface area contributed by atoms with Crippen LogP contribution >= 0.6 is 11.6 Å². The van der Waals surface area contributed by atoms with Crippen molar-refractivity contribution >= 4 is 22.6 Å². The SMILES string of the molecule is NCCCn1cnc2c(cnn2-c2cccc(Cl)c2)c1=O. The van der Waals surface area contributed by atoms with Gasteiger partial charge in [-0.15, -0.1) is 0 Å². The van der Waals surface area contributed by atoms with Crippen molar-refractivity contribution < 1.29 is 0 Å². The molecule has 0 aliphatic rings. The highest BCUT2D eigenvalue weighted by Gasteiger charge is 2.11. The topological polar surface area (TPSA) is 78.7 Å². The first-order chi connectivity index (χ1) is 10.2. The van der Waals surface area contributed by atoms with Gasteiger partial charge in [0.05, 0.1) is 18.2 Å². The number of fused-ring (bicyclic) bond motifs is 1. The van der Waals surface area contributed by atoms with Gasteiger partial charge >= 0.3 is 0 Å². The van der Waals surface area contributed by atoms with Gasteiger partial charge in [-0.2, -0.15) is 5.10 Å². The number of nitrogens with two attached hydrogens (primary N) is 1. The van der Waals surface area contributed by atoms with E-state index in [0.717, 1.165) is 12.1 Å². The lowest BCUT2D eigenvalue weighted by Crippen LogP contribution is -2.21. The summed E-state index contributed by atoms with van der Waals surface area (Å²) >= 11 is 5.99. The number of rotatable bonds is 4. The van der Waals surface area contributed by atoms with Gasteiger partial charge in [-0.25, -0.2) is 9.67 Å². The molecule has 6 nitrogen and oxygen atoms in total. The average Bonchev–Trinajstić information content (AvgIpc) is 2.91. The van der Waals surface area contributed by atoms with Gasteiger partial charge in [-0.05, 0) is 31.2 Å². The molecule has 3 aromatic rings. The second-order valence-corrected chi connectivity index (χ2v) is 5.10. The summed E-state index contributed by atoms with van der Waals surface area (Å²) in [7, 11) is 0. The number of hydrogen-bond acceptors (Lipinski definition) is 4. The number of aromatic nitrogens is 4. The van der Waals surface area contributed by atoms with Crippen molar-refractivity contribution in [3.63, 3.8) is 0 Å². The van der Waals surface area contributed by atoms with Crippen LogP contribution in [0.15, 0.2) is 41.6 Å². The van der Waals surface area contributed by atoms with Gasteiger partial charge in [0.15, 0.2) is 5.65 Å². The van der Waals surface area contributed by atoms with Gasteiger partial charge in [0.1, 0.15) is 5.39 Å². The molecule has 2 aromatic heterocycles. The van der Waals surface area contributed by atoms with E-state index >= 15 is 0 Å². The predicted octanol–water partition coefficient (Wildman–Crippen LogP) is 1.58. The predicted molar refractivity (Wildman–Crippen MR) is 81.8 cm³/mol. The molecule has 0 aliphatic carbocycles. The normalized spacial score (nSPS) is 11.1. The Morgan fingerprint density at radius 3 is 2.95 bits per heavy atom. The maximum Gasteiger partial charge on any atom is 0.264 e. The van der Waals surface area contributed by atoms with Crippen molar-refractivity contribution in [3.8, 4) is 5.69 Å². The molecule has 2 N–H and O–H groups in total.